The van der Waals surface area contributed by atoms with Gasteiger partial charge in [0.25, 0.3) is 0 Å². The van der Waals surface area contributed by atoms with Gasteiger partial charge >= 0.3 is 0 Å². The number of ether oxygens (including phenoxy) is 1. The van der Waals surface area contributed by atoms with Crippen molar-refractivity contribution in [3.8, 4) is 5.75 Å². The molecule has 2 rings (SSSR count). The Morgan fingerprint density at radius 1 is 1.36 bits per heavy atom. The highest BCUT2D eigenvalue weighted by molar-refractivity contribution is 5.38. The Kier molecular flexibility index (Phi) is 6.24. The number of nitrogens with zero attached hydrogens (tertiary/aromatic N) is 2. The Labute approximate surface area is 134 Å². The number of rotatable bonds is 6. The highest BCUT2D eigenvalue weighted by atomic mass is 16.5. The molecule has 0 saturated carbocycles. The molecule has 0 amide bonds. The maximum Gasteiger partial charge on any atom is 0.125 e. The summed E-state index contributed by atoms with van der Waals surface area (Å²) in [4.78, 5) is 4.67. The molecule has 1 unspecified atom stereocenters. The van der Waals surface area contributed by atoms with Gasteiger partial charge in [0.1, 0.15) is 5.75 Å². The van der Waals surface area contributed by atoms with Gasteiger partial charge in [-0.05, 0) is 66.0 Å². The van der Waals surface area contributed by atoms with Crippen LogP contribution >= 0.6 is 0 Å². The van der Waals surface area contributed by atoms with E-state index in [1.165, 1.54) is 12.8 Å². The number of aliphatic hydroxyl groups is 1. The molecular formula is C18H30N2O2. The van der Waals surface area contributed by atoms with Gasteiger partial charge in [0.05, 0.1) is 12.7 Å². The summed E-state index contributed by atoms with van der Waals surface area (Å²) in [7, 11) is 4.29. The molecule has 1 fully saturated rings. The van der Waals surface area contributed by atoms with Crippen molar-refractivity contribution in [3.05, 3.63) is 29.3 Å². The van der Waals surface area contributed by atoms with Crippen LogP contribution in [0.3, 0.4) is 0 Å². The van der Waals surface area contributed by atoms with Crippen LogP contribution in [0.1, 0.15) is 37.0 Å². The number of aryl methyl sites for hydroxylation is 1. The second-order valence-electron chi connectivity index (χ2n) is 6.46. The molecule has 1 aromatic rings. The summed E-state index contributed by atoms with van der Waals surface area (Å²) in [5.41, 5.74) is 2.06. The van der Waals surface area contributed by atoms with Crippen LogP contribution in [0.25, 0.3) is 0 Å². The van der Waals surface area contributed by atoms with Gasteiger partial charge in [-0.15, -0.1) is 0 Å². The fraction of sp³-hybridized carbons (Fsp3) is 0.667. The molecule has 0 radical (unpaired) electrons. The third kappa shape index (κ3) is 4.45. The van der Waals surface area contributed by atoms with Crippen LogP contribution < -0.4 is 4.74 Å². The van der Waals surface area contributed by atoms with Crippen molar-refractivity contribution >= 4 is 0 Å². The van der Waals surface area contributed by atoms with Gasteiger partial charge in [0, 0.05) is 18.2 Å². The number of hydrogen-bond donors (Lipinski definition) is 1. The highest BCUT2D eigenvalue weighted by Gasteiger charge is 2.23. The minimum Gasteiger partial charge on any atom is -0.493 e. The molecule has 1 aliphatic rings. The molecular weight excluding hydrogens is 276 g/mol. The summed E-state index contributed by atoms with van der Waals surface area (Å²) >= 11 is 0. The number of benzene rings is 1. The first-order valence-electron chi connectivity index (χ1n) is 8.31. The van der Waals surface area contributed by atoms with Crippen molar-refractivity contribution in [1.82, 2.24) is 9.80 Å². The van der Waals surface area contributed by atoms with Gasteiger partial charge in [0.15, 0.2) is 0 Å². The van der Waals surface area contributed by atoms with E-state index < -0.39 is 6.10 Å². The van der Waals surface area contributed by atoms with E-state index in [2.05, 4.69) is 23.9 Å². The third-order valence-electron chi connectivity index (χ3n) is 4.60. The van der Waals surface area contributed by atoms with Crippen LogP contribution in [0, 0.1) is 6.92 Å². The molecule has 0 bridgehead atoms. The predicted molar refractivity (Wildman–Crippen MR) is 90.5 cm³/mol. The van der Waals surface area contributed by atoms with Gasteiger partial charge in [-0.2, -0.15) is 0 Å². The zero-order chi connectivity index (χ0) is 16.1. The maximum absolute atomic E-state index is 10.7. The van der Waals surface area contributed by atoms with E-state index in [1.54, 1.807) is 0 Å². The fourth-order valence-corrected chi connectivity index (χ4v) is 3.17. The van der Waals surface area contributed by atoms with E-state index in [9.17, 15) is 5.11 Å². The van der Waals surface area contributed by atoms with Crippen LogP contribution in [0.4, 0.5) is 0 Å². The van der Waals surface area contributed by atoms with Crippen LogP contribution in [0.5, 0.6) is 5.75 Å². The number of hydrogen-bond acceptors (Lipinski definition) is 4. The number of aliphatic hydroxyl groups excluding tert-OH is 1. The molecule has 0 aromatic heterocycles. The van der Waals surface area contributed by atoms with Crippen LogP contribution in [-0.4, -0.2) is 61.3 Å². The molecule has 1 aromatic carbocycles. The quantitative estimate of drug-likeness (QED) is 0.876. The van der Waals surface area contributed by atoms with Gasteiger partial charge in [-0.1, -0.05) is 11.6 Å². The highest BCUT2D eigenvalue weighted by Crippen LogP contribution is 2.28. The molecule has 1 heterocycles. The van der Waals surface area contributed by atoms with Crippen molar-refractivity contribution in [3.63, 3.8) is 0 Å². The monoisotopic (exact) mass is 306 g/mol. The Morgan fingerprint density at radius 3 is 2.68 bits per heavy atom. The molecule has 1 atom stereocenters. The van der Waals surface area contributed by atoms with Crippen molar-refractivity contribution in [1.29, 1.82) is 0 Å². The van der Waals surface area contributed by atoms with Crippen LogP contribution in [0.15, 0.2) is 18.2 Å². The summed E-state index contributed by atoms with van der Waals surface area (Å²) < 4.78 is 5.67. The summed E-state index contributed by atoms with van der Waals surface area (Å²) in [6, 6.07) is 6.60. The van der Waals surface area contributed by atoms with E-state index in [0.717, 1.165) is 30.0 Å². The van der Waals surface area contributed by atoms with Crippen molar-refractivity contribution in [2.45, 2.75) is 38.8 Å². The SMILES string of the molecule is CCOc1ccc(C)cc1C(O)CN(C)C1CCN(C)CC1. The predicted octanol–water partition coefficient (Wildman–Crippen LogP) is 2.45. The van der Waals surface area contributed by atoms with Crippen molar-refractivity contribution < 1.29 is 9.84 Å². The van der Waals surface area contributed by atoms with Crippen molar-refractivity contribution in [2.24, 2.45) is 0 Å². The average Bonchev–Trinajstić information content (AvgIpc) is 2.49. The largest absolute Gasteiger partial charge is 0.493 e. The lowest BCUT2D eigenvalue weighted by Gasteiger charge is -2.36. The molecule has 22 heavy (non-hydrogen) atoms. The van der Waals surface area contributed by atoms with Gasteiger partial charge in [-0.25, -0.2) is 0 Å². The third-order valence-corrected chi connectivity index (χ3v) is 4.60. The Bertz CT molecular complexity index is 470. The number of likely N-dealkylation sites (tertiary alicyclic amines) is 1. The van der Waals surface area contributed by atoms with Crippen LogP contribution in [0.2, 0.25) is 0 Å². The topological polar surface area (TPSA) is 35.9 Å². The lowest BCUT2D eigenvalue weighted by atomic mass is 10.0. The summed E-state index contributed by atoms with van der Waals surface area (Å²) in [5.74, 6) is 0.803. The molecule has 124 valence electrons. The Balaban J connectivity index is 2.01. The molecule has 1 aliphatic heterocycles. The maximum atomic E-state index is 10.7. The van der Waals surface area contributed by atoms with Gasteiger partial charge < -0.3 is 19.6 Å². The molecule has 1 N–H and O–H groups in total. The number of likely N-dealkylation sites (N-methyl/N-ethyl adjacent to an activating group) is 1. The molecule has 4 nitrogen and oxygen atoms in total. The Morgan fingerprint density at radius 2 is 2.05 bits per heavy atom. The van der Waals surface area contributed by atoms with E-state index in [1.807, 2.05) is 32.0 Å². The van der Waals surface area contributed by atoms with Gasteiger partial charge in [-0.3, -0.25) is 0 Å². The molecule has 0 spiro atoms. The minimum atomic E-state index is -0.508. The van der Waals surface area contributed by atoms with E-state index in [-0.39, 0.29) is 0 Å². The lowest BCUT2D eigenvalue weighted by molar-refractivity contribution is 0.0772. The zero-order valence-electron chi connectivity index (χ0n) is 14.4. The van der Waals surface area contributed by atoms with E-state index in [0.29, 0.717) is 19.2 Å². The first-order valence-corrected chi connectivity index (χ1v) is 8.31. The van der Waals surface area contributed by atoms with E-state index in [4.69, 9.17) is 4.74 Å². The van der Waals surface area contributed by atoms with Crippen molar-refractivity contribution in [2.75, 3.05) is 40.3 Å². The molecule has 4 heteroatoms. The van der Waals surface area contributed by atoms with Crippen LogP contribution in [-0.2, 0) is 0 Å². The fourth-order valence-electron chi connectivity index (χ4n) is 3.17. The normalized spacial score (nSPS) is 18.6. The summed E-state index contributed by atoms with van der Waals surface area (Å²) in [5, 5.41) is 10.7. The standard InChI is InChI=1S/C18H30N2O2/c1-5-22-18-7-6-14(2)12-16(18)17(21)13-20(4)15-8-10-19(3)11-9-15/h6-7,12,15,17,21H,5,8-11,13H2,1-4H3. The first kappa shape index (κ1) is 17.3. The smallest absolute Gasteiger partial charge is 0.125 e. The second kappa shape index (κ2) is 7.95. The Hall–Kier alpha value is -1.10. The average molecular weight is 306 g/mol. The minimum absolute atomic E-state index is 0.508. The molecule has 0 aliphatic carbocycles. The summed E-state index contributed by atoms with van der Waals surface area (Å²) in [6.45, 7) is 7.57. The summed E-state index contributed by atoms with van der Waals surface area (Å²) in [6.07, 6.45) is 1.84. The second-order valence-corrected chi connectivity index (χ2v) is 6.46. The first-order chi connectivity index (χ1) is 10.5. The number of piperidine rings is 1. The van der Waals surface area contributed by atoms with E-state index >= 15 is 0 Å². The zero-order valence-corrected chi connectivity index (χ0v) is 14.4. The van der Waals surface area contributed by atoms with Gasteiger partial charge in [0.2, 0.25) is 0 Å². The molecule has 1 saturated heterocycles. The lowest BCUT2D eigenvalue weighted by Crippen LogP contribution is -2.43.